The molecule has 0 saturated heterocycles. The maximum absolute atomic E-state index is 10.9. The molecule has 0 unspecified atom stereocenters. The van der Waals surface area contributed by atoms with Gasteiger partial charge >= 0.3 is 5.97 Å². The molecule has 4 N–H and O–H groups in total. The van der Waals surface area contributed by atoms with Crippen molar-refractivity contribution in [2.75, 3.05) is 5.73 Å². The summed E-state index contributed by atoms with van der Waals surface area (Å²) in [6.07, 6.45) is 1.78. The minimum atomic E-state index is -0.918. The Hall–Kier alpha value is -2.34. The third-order valence-corrected chi connectivity index (χ3v) is 3.59. The highest BCUT2D eigenvalue weighted by atomic mass is 32.1. The number of nitrogens with one attached hydrogen (secondary N) is 1. The van der Waals surface area contributed by atoms with Crippen molar-refractivity contribution in [1.29, 1.82) is 0 Å². The molecule has 0 bridgehead atoms. The van der Waals surface area contributed by atoms with Crippen molar-refractivity contribution in [3.05, 3.63) is 34.7 Å². The number of carboxylic acid groups (broad SMARTS) is 1. The molecule has 3 aromatic heterocycles. The molecule has 0 amide bonds. The van der Waals surface area contributed by atoms with Crippen LogP contribution in [-0.4, -0.2) is 21.0 Å². The molecule has 5 nitrogen and oxygen atoms in total. The summed E-state index contributed by atoms with van der Waals surface area (Å²) in [6.45, 7) is 0. The van der Waals surface area contributed by atoms with Crippen molar-refractivity contribution >= 4 is 34.2 Å². The van der Waals surface area contributed by atoms with Gasteiger partial charge in [-0.2, -0.15) is 0 Å². The first-order valence-electron chi connectivity index (χ1n) is 5.21. The van der Waals surface area contributed by atoms with E-state index in [0.717, 1.165) is 16.5 Å². The summed E-state index contributed by atoms with van der Waals surface area (Å²) in [5, 5.41) is 11.7. The number of carboxylic acids is 1. The normalized spacial score (nSPS) is 10.9. The van der Waals surface area contributed by atoms with Crippen molar-refractivity contribution < 1.29 is 9.90 Å². The van der Waals surface area contributed by atoms with Crippen LogP contribution in [0, 0.1) is 0 Å². The minimum Gasteiger partial charge on any atom is -0.477 e. The number of hydrogen-bond donors (Lipinski definition) is 3. The summed E-state index contributed by atoms with van der Waals surface area (Å²) in [5.74, 6) is -0.512. The fourth-order valence-electron chi connectivity index (χ4n) is 1.89. The number of nitrogens with zero attached hydrogens (tertiary/aromatic N) is 1. The Morgan fingerprint density at radius 1 is 1.44 bits per heavy atom. The molecule has 0 aliphatic carbocycles. The van der Waals surface area contributed by atoms with Crippen molar-refractivity contribution in [2.24, 2.45) is 0 Å². The number of carbonyl (C=O) groups is 1. The van der Waals surface area contributed by atoms with Crippen LogP contribution in [0.1, 0.15) is 9.67 Å². The lowest BCUT2D eigenvalue weighted by molar-refractivity contribution is 0.0702. The number of fused-ring (bicyclic) bond motifs is 1. The Labute approximate surface area is 106 Å². The second-order valence-corrected chi connectivity index (χ2v) is 4.75. The molecule has 3 heterocycles. The average molecular weight is 259 g/mol. The van der Waals surface area contributed by atoms with Gasteiger partial charge < -0.3 is 15.8 Å². The summed E-state index contributed by atoms with van der Waals surface area (Å²) in [7, 11) is 0. The molecule has 3 aromatic rings. The minimum absolute atomic E-state index is 0.309. The number of nitrogen functional groups attached to an aromatic ring is 1. The van der Waals surface area contributed by atoms with Gasteiger partial charge in [0.1, 0.15) is 16.3 Å². The number of aromatic amines is 1. The monoisotopic (exact) mass is 259 g/mol. The lowest BCUT2D eigenvalue weighted by Gasteiger charge is -2.02. The fraction of sp³-hybridized carbons (Fsp3) is 0. The maximum Gasteiger partial charge on any atom is 0.345 e. The van der Waals surface area contributed by atoms with Crippen LogP contribution in [-0.2, 0) is 0 Å². The molecule has 0 spiro atoms. The van der Waals surface area contributed by atoms with E-state index in [4.69, 9.17) is 10.8 Å². The summed E-state index contributed by atoms with van der Waals surface area (Å²) in [6, 6.07) is 5.30. The Kier molecular flexibility index (Phi) is 2.31. The van der Waals surface area contributed by atoms with Gasteiger partial charge in [0, 0.05) is 11.6 Å². The van der Waals surface area contributed by atoms with Gasteiger partial charge in [0.05, 0.1) is 0 Å². The highest BCUT2D eigenvalue weighted by molar-refractivity contribution is 7.12. The van der Waals surface area contributed by atoms with Crippen LogP contribution in [0.5, 0.6) is 0 Å². The Balaban J connectivity index is 2.23. The van der Waals surface area contributed by atoms with Crippen molar-refractivity contribution in [3.8, 4) is 11.1 Å². The highest BCUT2D eigenvalue weighted by Gasteiger charge is 2.12. The molecule has 18 heavy (non-hydrogen) atoms. The average Bonchev–Trinajstić information content (AvgIpc) is 2.95. The van der Waals surface area contributed by atoms with Crippen LogP contribution in [0.25, 0.3) is 22.2 Å². The van der Waals surface area contributed by atoms with Gasteiger partial charge in [-0.1, -0.05) is 0 Å². The van der Waals surface area contributed by atoms with Crippen molar-refractivity contribution in [3.63, 3.8) is 0 Å². The number of aromatic carboxylic acids is 1. The molecule has 0 atom stereocenters. The first-order valence-corrected chi connectivity index (χ1v) is 6.09. The van der Waals surface area contributed by atoms with Gasteiger partial charge in [0.2, 0.25) is 0 Å². The summed E-state index contributed by atoms with van der Waals surface area (Å²) >= 11 is 1.20. The standard InChI is InChI=1S/C12H9N3O2S/c13-10-4-8(7-1-2-14-11(7)15-10)6-3-9(12(16)17)18-5-6/h1-5H,(H,16,17)(H3,13,14,15). The second-order valence-electron chi connectivity index (χ2n) is 3.84. The quantitative estimate of drug-likeness (QED) is 0.659. The van der Waals surface area contributed by atoms with Crippen LogP contribution in [0.3, 0.4) is 0 Å². The van der Waals surface area contributed by atoms with E-state index in [1.54, 1.807) is 18.3 Å². The summed E-state index contributed by atoms with van der Waals surface area (Å²) in [5.41, 5.74) is 8.18. The zero-order valence-corrected chi connectivity index (χ0v) is 9.99. The molecular weight excluding hydrogens is 250 g/mol. The number of aromatic nitrogens is 2. The van der Waals surface area contributed by atoms with Crippen LogP contribution < -0.4 is 5.73 Å². The predicted molar refractivity (Wildman–Crippen MR) is 70.8 cm³/mol. The smallest absolute Gasteiger partial charge is 0.345 e. The van der Waals surface area contributed by atoms with E-state index in [1.165, 1.54) is 11.3 Å². The van der Waals surface area contributed by atoms with Gasteiger partial charge in [-0.25, -0.2) is 9.78 Å². The van der Waals surface area contributed by atoms with Crippen molar-refractivity contribution in [1.82, 2.24) is 9.97 Å². The molecule has 0 radical (unpaired) electrons. The Morgan fingerprint density at radius 2 is 2.28 bits per heavy atom. The number of anilines is 1. The van der Waals surface area contributed by atoms with Gasteiger partial charge in [0.15, 0.2) is 0 Å². The first-order chi connectivity index (χ1) is 8.65. The molecule has 0 saturated carbocycles. The Bertz CT molecular complexity index is 745. The van der Waals surface area contributed by atoms with E-state index in [9.17, 15) is 4.79 Å². The third-order valence-electron chi connectivity index (χ3n) is 2.67. The maximum atomic E-state index is 10.9. The lowest BCUT2D eigenvalue weighted by atomic mass is 10.1. The number of pyridine rings is 1. The number of thiophene rings is 1. The molecular formula is C12H9N3O2S. The highest BCUT2D eigenvalue weighted by Crippen LogP contribution is 2.32. The van der Waals surface area contributed by atoms with Crippen LogP contribution >= 0.6 is 11.3 Å². The SMILES string of the molecule is Nc1cc(-c2csc(C(=O)O)c2)c2cc[nH]c2n1. The topological polar surface area (TPSA) is 92.0 Å². The molecule has 0 aliphatic heterocycles. The van der Waals surface area contributed by atoms with E-state index in [2.05, 4.69) is 9.97 Å². The molecule has 0 fully saturated rings. The van der Waals surface area contributed by atoms with Crippen LogP contribution in [0.2, 0.25) is 0 Å². The summed E-state index contributed by atoms with van der Waals surface area (Å²) < 4.78 is 0. The van der Waals surface area contributed by atoms with Gasteiger partial charge in [0.25, 0.3) is 0 Å². The number of hydrogen-bond acceptors (Lipinski definition) is 4. The van der Waals surface area contributed by atoms with Gasteiger partial charge in [-0.15, -0.1) is 11.3 Å². The molecule has 6 heteroatoms. The predicted octanol–water partition coefficient (Wildman–Crippen LogP) is 2.57. The molecule has 0 aromatic carbocycles. The Morgan fingerprint density at radius 3 is 3.00 bits per heavy atom. The number of rotatable bonds is 2. The van der Waals surface area contributed by atoms with E-state index in [-0.39, 0.29) is 0 Å². The zero-order valence-electron chi connectivity index (χ0n) is 9.18. The van der Waals surface area contributed by atoms with Crippen molar-refractivity contribution in [2.45, 2.75) is 0 Å². The van der Waals surface area contributed by atoms with Gasteiger partial charge in [-0.3, -0.25) is 0 Å². The number of nitrogens with two attached hydrogens (primary N) is 1. The van der Waals surface area contributed by atoms with Gasteiger partial charge in [-0.05, 0) is 34.7 Å². The van der Waals surface area contributed by atoms with E-state index in [0.29, 0.717) is 16.3 Å². The third kappa shape index (κ3) is 1.63. The lowest BCUT2D eigenvalue weighted by Crippen LogP contribution is -1.92. The molecule has 0 aliphatic rings. The van der Waals surface area contributed by atoms with E-state index >= 15 is 0 Å². The first kappa shape index (κ1) is 10.8. The largest absolute Gasteiger partial charge is 0.477 e. The molecule has 3 rings (SSSR count). The summed E-state index contributed by atoms with van der Waals surface area (Å²) in [4.78, 5) is 18.4. The fourth-order valence-corrected chi connectivity index (χ4v) is 2.63. The van der Waals surface area contributed by atoms with Crippen LogP contribution in [0.15, 0.2) is 29.8 Å². The van der Waals surface area contributed by atoms with E-state index in [1.807, 2.05) is 11.4 Å². The number of H-pyrrole nitrogens is 1. The molecule has 90 valence electrons. The second kappa shape index (κ2) is 3.85. The van der Waals surface area contributed by atoms with Crippen LogP contribution in [0.4, 0.5) is 5.82 Å². The zero-order chi connectivity index (χ0) is 12.7. The van der Waals surface area contributed by atoms with E-state index < -0.39 is 5.97 Å².